The highest BCUT2D eigenvalue weighted by Gasteiger charge is 2.42. The van der Waals surface area contributed by atoms with E-state index in [0.29, 0.717) is 24.7 Å². The van der Waals surface area contributed by atoms with Crippen LogP contribution in [0.3, 0.4) is 0 Å². The van der Waals surface area contributed by atoms with Gasteiger partial charge in [0.05, 0.1) is 36.5 Å². The SMILES string of the molecule is CCOc1ccc(S(=O)(=O)N2C[C@@H](CC3C=CC=C3)[C@@H](n3nc(CC(=O)O)c4ccc(N5CCCC5)cc43)C2)cn1. The van der Waals surface area contributed by atoms with Gasteiger partial charge in [0.2, 0.25) is 15.9 Å². The van der Waals surface area contributed by atoms with Crippen LogP contribution in [0.5, 0.6) is 5.88 Å². The van der Waals surface area contributed by atoms with Gasteiger partial charge in [-0.1, -0.05) is 24.3 Å². The lowest BCUT2D eigenvalue weighted by atomic mass is 9.91. The van der Waals surface area contributed by atoms with Crippen molar-refractivity contribution in [2.45, 2.75) is 43.5 Å². The Bertz CT molecular complexity index is 1580. The van der Waals surface area contributed by atoms with Gasteiger partial charge in [-0.15, -0.1) is 0 Å². The number of hydrogen-bond acceptors (Lipinski definition) is 7. The summed E-state index contributed by atoms with van der Waals surface area (Å²) in [5.41, 5.74) is 2.43. The van der Waals surface area contributed by atoms with Crippen LogP contribution in [0.2, 0.25) is 0 Å². The first-order valence-corrected chi connectivity index (χ1v) is 15.7. The van der Waals surface area contributed by atoms with Gasteiger partial charge >= 0.3 is 5.97 Å². The molecule has 1 aliphatic carbocycles. The zero-order valence-electron chi connectivity index (χ0n) is 23.1. The van der Waals surface area contributed by atoms with Crippen molar-refractivity contribution in [3.05, 3.63) is 66.5 Å². The van der Waals surface area contributed by atoms with Crippen LogP contribution in [0.1, 0.15) is 37.9 Å². The third-order valence-corrected chi connectivity index (χ3v) is 10.1. The van der Waals surface area contributed by atoms with E-state index in [-0.39, 0.29) is 35.7 Å². The van der Waals surface area contributed by atoms with Crippen LogP contribution in [0.15, 0.2) is 65.7 Å². The highest BCUT2D eigenvalue weighted by atomic mass is 32.2. The predicted molar refractivity (Wildman–Crippen MR) is 156 cm³/mol. The first-order chi connectivity index (χ1) is 19.8. The Morgan fingerprint density at radius 3 is 2.56 bits per heavy atom. The van der Waals surface area contributed by atoms with E-state index in [4.69, 9.17) is 9.84 Å². The number of nitrogens with zero attached hydrogens (tertiary/aromatic N) is 5. The summed E-state index contributed by atoms with van der Waals surface area (Å²) in [6.45, 7) is 4.82. The van der Waals surface area contributed by atoms with E-state index in [0.717, 1.165) is 48.9 Å². The molecule has 2 aliphatic heterocycles. The van der Waals surface area contributed by atoms with Gasteiger partial charge < -0.3 is 14.7 Å². The molecule has 0 amide bonds. The van der Waals surface area contributed by atoms with Crippen LogP contribution in [-0.4, -0.2) is 71.3 Å². The highest BCUT2D eigenvalue weighted by Crippen LogP contribution is 2.39. The van der Waals surface area contributed by atoms with Crippen LogP contribution in [-0.2, 0) is 21.2 Å². The molecule has 0 saturated carbocycles. The summed E-state index contributed by atoms with van der Waals surface area (Å²) in [4.78, 5) is 18.4. The quantitative estimate of drug-likeness (QED) is 0.384. The average Bonchev–Trinajstić information content (AvgIpc) is 3.77. The Morgan fingerprint density at radius 2 is 1.88 bits per heavy atom. The molecule has 0 radical (unpaired) electrons. The van der Waals surface area contributed by atoms with Crippen molar-refractivity contribution in [1.82, 2.24) is 19.1 Å². The minimum absolute atomic E-state index is 0.0333. The number of anilines is 1. The first-order valence-electron chi connectivity index (χ1n) is 14.3. The number of benzene rings is 1. The molecule has 1 N–H and O–H groups in total. The third-order valence-electron chi connectivity index (χ3n) is 8.29. The summed E-state index contributed by atoms with van der Waals surface area (Å²) in [6.07, 6.45) is 12.5. The van der Waals surface area contributed by atoms with Gasteiger partial charge in [0.25, 0.3) is 0 Å². The van der Waals surface area contributed by atoms with Crippen LogP contribution in [0, 0.1) is 11.8 Å². The second kappa shape index (κ2) is 11.3. The minimum Gasteiger partial charge on any atom is -0.481 e. The lowest BCUT2D eigenvalue weighted by Gasteiger charge is -2.22. The third kappa shape index (κ3) is 5.48. The molecule has 10 nitrogen and oxygen atoms in total. The van der Waals surface area contributed by atoms with E-state index < -0.39 is 16.0 Å². The van der Waals surface area contributed by atoms with E-state index >= 15 is 0 Å². The number of sulfonamides is 1. The predicted octanol–water partition coefficient (Wildman–Crippen LogP) is 4.05. The topological polar surface area (TPSA) is 118 Å². The number of rotatable bonds is 10. The lowest BCUT2D eigenvalue weighted by Crippen LogP contribution is -2.29. The molecular weight excluding hydrogens is 542 g/mol. The fraction of sp³-hybridized carbons (Fsp3) is 0.433. The molecule has 41 heavy (non-hydrogen) atoms. The Balaban J connectivity index is 1.39. The van der Waals surface area contributed by atoms with Gasteiger partial charge in [0.15, 0.2) is 0 Å². The number of pyridine rings is 1. The summed E-state index contributed by atoms with van der Waals surface area (Å²) in [5.74, 6) is -0.394. The zero-order valence-corrected chi connectivity index (χ0v) is 23.9. The molecule has 4 heterocycles. The van der Waals surface area contributed by atoms with Crippen LogP contribution in [0.25, 0.3) is 10.9 Å². The normalized spacial score (nSPS) is 21.4. The molecule has 2 saturated heterocycles. The summed E-state index contributed by atoms with van der Waals surface area (Å²) in [6, 6.07) is 8.96. The molecule has 11 heteroatoms. The van der Waals surface area contributed by atoms with Crippen molar-refractivity contribution in [2.24, 2.45) is 11.8 Å². The molecule has 216 valence electrons. The zero-order chi connectivity index (χ0) is 28.6. The van der Waals surface area contributed by atoms with E-state index in [1.807, 2.05) is 35.9 Å². The number of hydrogen-bond donors (Lipinski definition) is 1. The molecule has 6 rings (SSSR count). The van der Waals surface area contributed by atoms with E-state index in [9.17, 15) is 18.3 Å². The van der Waals surface area contributed by atoms with Crippen molar-refractivity contribution >= 4 is 32.6 Å². The van der Waals surface area contributed by atoms with Crippen molar-refractivity contribution in [3.8, 4) is 5.88 Å². The van der Waals surface area contributed by atoms with Gasteiger partial charge in [0.1, 0.15) is 4.90 Å². The maximum atomic E-state index is 13.8. The molecular formula is C30H35N5O5S. The molecule has 2 fully saturated rings. The molecule has 3 aliphatic rings. The van der Waals surface area contributed by atoms with E-state index in [1.54, 1.807) is 6.07 Å². The number of aromatic nitrogens is 3. The smallest absolute Gasteiger partial charge is 0.309 e. The monoisotopic (exact) mass is 577 g/mol. The summed E-state index contributed by atoms with van der Waals surface area (Å²) >= 11 is 0. The Labute approximate surface area is 240 Å². The summed E-state index contributed by atoms with van der Waals surface area (Å²) < 4.78 is 36.4. The standard InChI is InChI=1S/C30H35N5O5S/c1-2-40-29-12-10-24(18-31-29)41(38,39)34-19-22(15-21-7-3-4-8-21)28(20-34)35-27-16-23(33-13-5-6-14-33)9-11-25(27)26(32-35)17-30(36)37/h3-4,7-12,16,18,21-22,28H,2,5-6,13-15,17,19-20H2,1H3,(H,36,37)/t22-,28+/m1/s1. The molecule has 3 aromatic rings. The number of fused-ring (bicyclic) bond motifs is 1. The van der Waals surface area contributed by atoms with Gasteiger partial charge in [0, 0.05) is 43.3 Å². The Morgan fingerprint density at radius 1 is 1.10 bits per heavy atom. The van der Waals surface area contributed by atoms with Crippen LogP contribution < -0.4 is 9.64 Å². The summed E-state index contributed by atoms with van der Waals surface area (Å²) in [5, 5.41) is 15.3. The second-order valence-corrected chi connectivity index (χ2v) is 12.9. The highest BCUT2D eigenvalue weighted by molar-refractivity contribution is 7.89. The van der Waals surface area contributed by atoms with Crippen LogP contribution >= 0.6 is 0 Å². The molecule has 2 atom stereocenters. The number of carboxylic acid groups (broad SMARTS) is 1. The number of carboxylic acids is 1. The number of ether oxygens (including phenoxy) is 1. The average molecular weight is 578 g/mol. The molecule has 2 aromatic heterocycles. The van der Waals surface area contributed by atoms with Crippen molar-refractivity contribution in [3.63, 3.8) is 0 Å². The number of aliphatic carboxylic acids is 1. The van der Waals surface area contributed by atoms with Gasteiger partial charge in [-0.25, -0.2) is 13.4 Å². The molecule has 0 spiro atoms. The number of allylic oxidation sites excluding steroid dienone is 4. The maximum absolute atomic E-state index is 13.8. The fourth-order valence-corrected chi connectivity index (χ4v) is 7.76. The van der Waals surface area contributed by atoms with E-state index in [1.165, 1.54) is 16.6 Å². The van der Waals surface area contributed by atoms with Crippen LogP contribution in [0.4, 0.5) is 5.69 Å². The Hall–Kier alpha value is -3.70. The molecule has 0 unspecified atom stereocenters. The molecule has 0 bridgehead atoms. The number of carbonyl (C=O) groups is 1. The van der Waals surface area contributed by atoms with Gasteiger partial charge in [-0.2, -0.15) is 9.40 Å². The van der Waals surface area contributed by atoms with E-state index in [2.05, 4.69) is 28.1 Å². The minimum atomic E-state index is -3.83. The second-order valence-electron chi connectivity index (χ2n) is 10.9. The Kier molecular flexibility index (Phi) is 7.56. The van der Waals surface area contributed by atoms with Gasteiger partial charge in [-0.05, 0) is 62.3 Å². The first kappa shape index (κ1) is 27.5. The van der Waals surface area contributed by atoms with Gasteiger partial charge in [-0.3, -0.25) is 9.48 Å². The molecule has 1 aromatic carbocycles. The van der Waals surface area contributed by atoms with Crippen molar-refractivity contribution in [1.29, 1.82) is 0 Å². The largest absolute Gasteiger partial charge is 0.481 e. The lowest BCUT2D eigenvalue weighted by molar-refractivity contribution is -0.136. The summed E-state index contributed by atoms with van der Waals surface area (Å²) in [7, 11) is -3.83. The fourth-order valence-electron chi connectivity index (χ4n) is 6.30. The maximum Gasteiger partial charge on any atom is 0.309 e. The van der Waals surface area contributed by atoms with Crippen molar-refractivity contribution in [2.75, 3.05) is 37.7 Å². The van der Waals surface area contributed by atoms with Crippen molar-refractivity contribution < 1.29 is 23.1 Å².